The molecule has 0 aromatic carbocycles. The van der Waals surface area contributed by atoms with E-state index in [9.17, 15) is 9.59 Å². The third-order valence-corrected chi connectivity index (χ3v) is 5.01. The molecule has 3 rings (SSSR count). The lowest BCUT2D eigenvalue weighted by Crippen LogP contribution is -2.49. The zero-order valence-electron chi connectivity index (χ0n) is 16.8. The van der Waals surface area contributed by atoms with Crippen molar-refractivity contribution in [2.75, 3.05) is 26.2 Å². The Morgan fingerprint density at radius 3 is 2.48 bits per heavy atom. The zero-order valence-corrected chi connectivity index (χ0v) is 16.8. The lowest BCUT2D eigenvalue weighted by atomic mass is 10.0. The van der Waals surface area contributed by atoms with Gasteiger partial charge in [-0.3, -0.25) is 4.98 Å². The van der Waals surface area contributed by atoms with Crippen LogP contribution in [0.1, 0.15) is 44.9 Å². The predicted octanol–water partition coefficient (Wildman–Crippen LogP) is 3.03. The number of aromatic nitrogens is 1. The first kappa shape index (κ1) is 19.5. The first-order valence-electron chi connectivity index (χ1n) is 9.68. The van der Waals surface area contributed by atoms with Gasteiger partial charge in [-0.15, -0.1) is 0 Å². The second-order valence-electron chi connectivity index (χ2n) is 8.42. The number of rotatable bonds is 3. The van der Waals surface area contributed by atoms with Crippen LogP contribution in [0.25, 0.3) is 0 Å². The summed E-state index contributed by atoms with van der Waals surface area (Å²) in [7, 11) is 0. The topological polar surface area (TPSA) is 66.0 Å². The maximum absolute atomic E-state index is 12.8. The van der Waals surface area contributed by atoms with Crippen molar-refractivity contribution in [1.82, 2.24) is 19.7 Å². The summed E-state index contributed by atoms with van der Waals surface area (Å²) in [6.45, 7) is 10.9. The third kappa shape index (κ3) is 4.90. The Morgan fingerprint density at radius 2 is 1.89 bits per heavy atom. The molecule has 0 aliphatic carbocycles. The molecule has 0 spiro atoms. The van der Waals surface area contributed by atoms with E-state index in [0.717, 1.165) is 37.2 Å². The fourth-order valence-corrected chi connectivity index (χ4v) is 3.56. The lowest BCUT2D eigenvalue weighted by molar-refractivity contribution is 0.0170. The number of urea groups is 1. The van der Waals surface area contributed by atoms with E-state index in [1.165, 1.54) is 0 Å². The van der Waals surface area contributed by atoms with Crippen LogP contribution in [0.15, 0.2) is 18.3 Å². The molecular formula is C20H30N4O3. The first-order valence-corrected chi connectivity index (χ1v) is 9.68. The van der Waals surface area contributed by atoms with Gasteiger partial charge in [0.1, 0.15) is 5.60 Å². The van der Waals surface area contributed by atoms with Gasteiger partial charge in [-0.1, -0.05) is 6.07 Å². The summed E-state index contributed by atoms with van der Waals surface area (Å²) in [6.07, 6.45) is 3.16. The summed E-state index contributed by atoms with van der Waals surface area (Å²) in [5.74, 6) is 0. The summed E-state index contributed by atoms with van der Waals surface area (Å²) < 4.78 is 5.44. The average molecular weight is 374 g/mol. The maximum Gasteiger partial charge on any atom is 0.410 e. The minimum atomic E-state index is -0.483. The summed E-state index contributed by atoms with van der Waals surface area (Å²) in [6, 6.07) is 4.26. The Labute approximate surface area is 161 Å². The Kier molecular flexibility index (Phi) is 5.58. The smallest absolute Gasteiger partial charge is 0.410 e. The van der Waals surface area contributed by atoms with E-state index in [1.54, 1.807) is 4.90 Å². The number of piperidine rings is 1. The molecule has 1 aromatic heterocycles. The number of pyridine rings is 1. The number of hydrogen-bond donors (Lipinski definition) is 0. The predicted molar refractivity (Wildman–Crippen MR) is 102 cm³/mol. The lowest BCUT2D eigenvalue weighted by Gasteiger charge is -2.37. The molecule has 27 heavy (non-hydrogen) atoms. The van der Waals surface area contributed by atoms with Crippen LogP contribution in [0.4, 0.5) is 9.59 Å². The molecule has 0 unspecified atom stereocenters. The number of likely N-dealkylation sites (tertiary alicyclic amines) is 1. The first-order chi connectivity index (χ1) is 12.7. The van der Waals surface area contributed by atoms with E-state index < -0.39 is 5.60 Å². The Morgan fingerprint density at radius 1 is 1.19 bits per heavy atom. The molecular weight excluding hydrogens is 344 g/mol. The summed E-state index contributed by atoms with van der Waals surface area (Å²) in [5.41, 5.74) is 1.55. The molecule has 0 saturated carbocycles. The van der Waals surface area contributed by atoms with Gasteiger partial charge in [-0.05, 0) is 52.2 Å². The molecule has 1 aromatic rings. The highest BCUT2D eigenvalue weighted by atomic mass is 16.6. The molecule has 2 fully saturated rings. The van der Waals surface area contributed by atoms with Crippen molar-refractivity contribution in [2.24, 2.45) is 0 Å². The zero-order chi connectivity index (χ0) is 19.6. The van der Waals surface area contributed by atoms with E-state index in [0.29, 0.717) is 19.6 Å². The van der Waals surface area contributed by atoms with Crippen LogP contribution in [0.5, 0.6) is 0 Å². The average Bonchev–Trinajstić information content (AvgIpc) is 2.96. The highest BCUT2D eigenvalue weighted by molar-refractivity contribution is 5.77. The molecule has 0 bridgehead atoms. The van der Waals surface area contributed by atoms with E-state index in [-0.39, 0.29) is 18.2 Å². The Bertz CT molecular complexity index is 675. The van der Waals surface area contributed by atoms with Crippen molar-refractivity contribution in [1.29, 1.82) is 0 Å². The van der Waals surface area contributed by atoms with E-state index in [4.69, 9.17) is 4.74 Å². The van der Waals surface area contributed by atoms with Crippen molar-refractivity contribution in [3.05, 3.63) is 29.6 Å². The normalized spacial score (nSPS) is 19.0. The van der Waals surface area contributed by atoms with Gasteiger partial charge in [0.15, 0.2) is 0 Å². The molecule has 0 radical (unpaired) electrons. The second kappa shape index (κ2) is 7.74. The number of ether oxygens (including phenoxy) is 1. The van der Waals surface area contributed by atoms with Crippen LogP contribution >= 0.6 is 0 Å². The monoisotopic (exact) mass is 374 g/mol. The van der Waals surface area contributed by atoms with Crippen molar-refractivity contribution in [3.63, 3.8) is 0 Å². The molecule has 7 nitrogen and oxygen atoms in total. The van der Waals surface area contributed by atoms with Crippen LogP contribution in [-0.2, 0) is 11.3 Å². The Balaban J connectivity index is 1.51. The van der Waals surface area contributed by atoms with Crippen molar-refractivity contribution >= 4 is 12.1 Å². The number of carbonyl (C=O) groups is 2. The van der Waals surface area contributed by atoms with Crippen LogP contribution < -0.4 is 0 Å². The van der Waals surface area contributed by atoms with Gasteiger partial charge in [-0.2, -0.15) is 0 Å². The molecule has 2 saturated heterocycles. The highest BCUT2D eigenvalue weighted by Crippen LogP contribution is 2.23. The third-order valence-electron chi connectivity index (χ3n) is 5.01. The second-order valence-corrected chi connectivity index (χ2v) is 8.42. The van der Waals surface area contributed by atoms with E-state index in [1.807, 2.05) is 55.8 Å². The SMILES string of the molecule is Cc1ccc(CN2CCN(C3CCN(C(=O)OC(C)(C)C)CC3)C2=O)nc1. The van der Waals surface area contributed by atoms with Crippen LogP contribution in [-0.4, -0.2) is 69.6 Å². The summed E-state index contributed by atoms with van der Waals surface area (Å²) in [4.78, 5) is 35.0. The minimum absolute atomic E-state index is 0.0769. The largest absolute Gasteiger partial charge is 0.444 e. The van der Waals surface area contributed by atoms with Crippen LogP contribution in [0, 0.1) is 6.92 Å². The van der Waals surface area contributed by atoms with Gasteiger partial charge in [0.05, 0.1) is 12.2 Å². The standard InChI is InChI=1S/C20H30N4O3/c1-15-5-6-16(21-13-15)14-23-11-12-24(18(23)25)17-7-9-22(10-8-17)19(26)27-20(2,3)4/h5-6,13,17H,7-12,14H2,1-4H3. The number of aryl methyl sites for hydroxylation is 1. The number of nitrogens with zero attached hydrogens (tertiary/aromatic N) is 4. The van der Waals surface area contributed by atoms with Crippen LogP contribution in [0.2, 0.25) is 0 Å². The molecule has 7 heteroatoms. The molecule has 148 valence electrons. The van der Waals surface area contributed by atoms with Crippen LogP contribution in [0.3, 0.4) is 0 Å². The molecule has 3 amide bonds. The van der Waals surface area contributed by atoms with Gasteiger partial charge in [-0.25, -0.2) is 9.59 Å². The summed E-state index contributed by atoms with van der Waals surface area (Å²) in [5, 5.41) is 0. The highest BCUT2D eigenvalue weighted by Gasteiger charge is 2.36. The van der Waals surface area contributed by atoms with Gasteiger partial charge < -0.3 is 19.4 Å². The molecule has 3 heterocycles. The van der Waals surface area contributed by atoms with Crippen molar-refractivity contribution < 1.29 is 14.3 Å². The maximum atomic E-state index is 12.8. The van der Waals surface area contributed by atoms with Crippen molar-refractivity contribution in [3.8, 4) is 0 Å². The van der Waals surface area contributed by atoms with Gasteiger partial charge in [0.2, 0.25) is 0 Å². The minimum Gasteiger partial charge on any atom is -0.444 e. The fraction of sp³-hybridized carbons (Fsp3) is 0.650. The van der Waals surface area contributed by atoms with E-state index >= 15 is 0 Å². The Hall–Kier alpha value is -2.31. The molecule has 0 atom stereocenters. The molecule has 0 N–H and O–H groups in total. The van der Waals surface area contributed by atoms with Gasteiger partial charge in [0.25, 0.3) is 0 Å². The van der Waals surface area contributed by atoms with Gasteiger partial charge in [0, 0.05) is 38.4 Å². The molecule has 2 aliphatic rings. The number of carbonyl (C=O) groups excluding carboxylic acids is 2. The number of amides is 3. The number of hydrogen-bond acceptors (Lipinski definition) is 4. The van der Waals surface area contributed by atoms with Crippen molar-refractivity contribution in [2.45, 2.75) is 58.7 Å². The summed E-state index contributed by atoms with van der Waals surface area (Å²) >= 11 is 0. The van der Waals surface area contributed by atoms with Gasteiger partial charge >= 0.3 is 12.1 Å². The fourth-order valence-electron chi connectivity index (χ4n) is 3.56. The quantitative estimate of drug-likeness (QED) is 0.816. The van der Waals surface area contributed by atoms with E-state index in [2.05, 4.69) is 4.98 Å². The molecule has 2 aliphatic heterocycles.